The molecule has 0 heterocycles. The predicted molar refractivity (Wildman–Crippen MR) is 57.1 cm³/mol. The Bertz CT molecular complexity index is 142. The molecule has 0 rings (SSSR count). The molecular weight excluding hydrogens is 186 g/mol. The van der Waals surface area contributed by atoms with E-state index in [1.807, 2.05) is 0 Å². The fourth-order valence-electron chi connectivity index (χ4n) is 1.01. The van der Waals surface area contributed by atoms with Gasteiger partial charge in [0.2, 0.25) is 0 Å². The topological polar surface area (TPSA) is 63.3 Å². The van der Waals surface area contributed by atoms with Gasteiger partial charge in [0.25, 0.3) is 0 Å². The zero-order valence-corrected chi connectivity index (χ0v) is 8.98. The molecule has 4 heteroatoms. The van der Waals surface area contributed by atoms with Crippen molar-refractivity contribution in [1.29, 1.82) is 0 Å². The van der Waals surface area contributed by atoms with Crippen LogP contribution in [0.15, 0.2) is 0 Å². The van der Waals surface area contributed by atoms with Gasteiger partial charge in [-0.2, -0.15) is 0 Å². The maximum atomic E-state index is 10.7. The average molecular weight is 205 g/mol. The number of aliphatic carboxylic acids is 1. The van der Waals surface area contributed by atoms with Crippen molar-refractivity contribution in [2.75, 3.05) is 12.3 Å². The third-order valence-electron chi connectivity index (χ3n) is 1.77. The highest BCUT2D eigenvalue weighted by Crippen LogP contribution is 2.16. The highest BCUT2D eigenvalue weighted by molar-refractivity contribution is 8.00. The molecule has 0 fully saturated rings. The SMILES string of the molecule is CCCCCSC(CCN)C(=O)O. The lowest BCUT2D eigenvalue weighted by molar-refractivity contribution is -0.136. The Kier molecular flexibility index (Phi) is 8.24. The average Bonchev–Trinajstić information content (AvgIpc) is 2.10. The molecule has 0 saturated heterocycles. The summed E-state index contributed by atoms with van der Waals surface area (Å²) in [6, 6.07) is 0. The normalized spacial score (nSPS) is 12.8. The van der Waals surface area contributed by atoms with Gasteiger partial charge in [-0.25, -0.2) is 0 Å². The molecule has 0 aromatic heterocycles. The Morgan fingerprint density at radius 1 is 1.54 bits per heavy atom. The van der Waals surface area contributed by atoms with Gasteiger partial charge in [-0.1, -0.05) is 19.8 Å². The maximum absolute atomic E-state index is 10.7. The summed E-state index contributed by atoms with van der Waals surface area (Å²) < 4.78 is 0. The van der Waals surface area contributed by atoms with Gasteiger partial charge in [0, 0.05) is 0 Å². The summed E-state index contributed by atoms with van der Waals surface area (Å²) in [6.45, 7) is 2.59. The molecule has 0 aliphatic carbocycles. The van der Waals surface area contributed by atoms with E-state index in [2.05, 4.69) is 6.92 Å². The molecule has 0 amide bonds. The van der Waals surface area contributed by atoms with E-state index < -0.39 is 5.97 Å². The first-order chi connectivity index (χ1) is 6.22. The molecule has 0 aromatic rings. The number of carbonyl (C=O) groups is 1. The fourth-order valence-corrected chi connectivity index (χ4v) is 2.11. The van der Waals surface area contributed by atoms with Crippen molar-refractivity contribution >= 4 is 17.7 Å². The summed E-state index contributed by atoms with van der Waals surface area (Å²) >= 11 is 1.51. The number of carboxylic acid groups (broad SMARTS) is 1. The van der Waals surface area contributed by atoms with Crippen molar-refractivity contribution < 1.29 is 9.90 Å². The Labute approximate surface area is 84.1 Å². The van der Waals surface area contributed by atoms with Gasteiger partial charge in [-0.3, -0.25) is 4.79 Å². The molecule has 0 aliphatic rings. The zero-order valence-electron chi connectivity index (χ0n) is 8.16. The largest absolute Gasteiger partial charge is 0.480 e. The van der Waals surface area contributed by atoms with E-state index in [4.69, 9.17) is 10.8 Å². The standard InChI is InChI=1S/C9H19NO2S/c1-2-3-4-7-13-8(5-6-10)9(11)12/h8H,2-7,10H2,1H3,(H,11,12). The smallest absolute Gasteiger partial charge is 0.316 e. The van der Waals surface area contributed by atoms with Crippen LogP contribution in [0.3, 0.4) is 0 Å². The van der Waals surface area contributed by atoms with E-state index in [0.29, 0.717) is 13.0 Å². The van der Waals surface area contributed by atoms with Gasteiger partial charge in [-0.15, -0.1) is 11.8 Å². The Hall–Kier alpha value is -0.220. The number of carboxylic acids is 1. The van der Waals surface area contributed by atoms with Gasteiger partial charge in [0.05, 0.1) is 0 Å². The summed E-state index contributed by atoms with van der Waals surface area (Å²) in [6.07, 6.45) is 4.04. The van der Waals surface area contributed by atoms with Crippen molar-refractivity contribution in [3.8, 4) is 0 Å². The zero-order chi connectivity index (χ0) is 10.1. The number of thioether (sulfide) groups is 1. The van der Waals surface area contributed by atoms with Gasteiger partial charge in [0.1, 0.15) is 5.25 Å². The minimum Gasteiger partial charge on any atom is -0.480 e. The van der Waals surface area contributed by atoms with Crippen LogP contribution in [0, 0.1) is 0 Å². The van der Waals surface area contributed by atoms with Crippen LogP contribution in [0.5, 0.6) is 0 Å². The third kappa shape index (κ3) is 6.90. The van der Waals surface area contributed by atoms with Crippen molar-refractivity contribution in [3.05, 3.63) is 0 Å². The molecule has 0 spiro atoms. The van der Waals surface area contributed by atoms with E-state index in [9.17, 15) is 4.79 Å². The molecule has 1 atom stereocenters. The molecule has 3 nitrogen and oxygen atoms in total. The number of nitrogens with two attached hydrogens (primary N) is 1. The van der Waals surface area contributed by atoms with Crippen LogP contribution in [0.4, 0.5) is 0 Å². The number of hydrogen-bond acceptors (Lipinski definition) is 3. The fraction of sp³-hybridized carbons (Fsp3) is 0.889. The van der Waals surface area contributed by atoms with Crippen molar-refractivity contribution in [1.82, 2.24) is 0 Å². The summed E-state index contributed by atoms with van der Waals surface area (Å²) in [5, 5.41) is 8.48. The quantitative estimate of drug-likeness (QED) is 0.592. The van der Waals surface area contributed by atoms with Gasteiger partial charge < -0.3 is 10.8 Å². The number of unbranched alkanes of at least 4 members (excludes halogenated alkanes) is 2. The van der Waals surface area contributed by atoms with E-state index in [1.54, 1.807) is 0 Å². The first kappa shape index (κ1) is 12.8. The molecule has 0 radical (unpaired) electrons. The van der Waals surface area contributed by atoms with Gasteiger partial charge >= 0.3 is 5.97 Å². The van der Waals surface area contributed by atoms with Crippen molar-refractivity contribution in [2.24, 2.45) is 5.73 Å². The first-order valence-electron chi connectivity index (χ1n) is 4.76. The van der Waals surface area contributed by atoms with Crippen LogP contribution in [0.1, 0.15) is 32.6 Å². The Morgan fingerprint density at radius 3 is 2.69 bits per heavy atom. The van der Waals surface area contributed by atoms with E-state index >= 15 is 0 Å². The van der Waals surface area contributed by atoms with E-state index in [-0.39, 0.29) is 5.25 Å². The monoisotopic (exact) mass is 205 g/mol. The lowest BCUT2D eigenvalue weighted by Gasteiger charge is -2.09. The maximum Gasteiger partial charge on any atom is 0.316 e. The van der Waals surface area contributed by atoms with Crippen LogP contribution >= 0.6 is 11.8 Å². The van der Waals surface area contributed by atoms with Crippen molar-refractivity contribution in [2.45, 2.75) is 37.9 Å². The second kappa shape index (κ2) is 8.38. The van der Waals surface area contributed by atoms with Crippen LogP contribution in [0.25, 0.3) is 0 Å². The molecule has 3 N–H and O–H groups in total. The van der Waals surface area contributed by atoms with E-state index in [1.165, 1.54) is 24.6 Å². The second-order valence-electron chi connectivity index (χ2n) is 2.98. The minimum absolute atomic E-state index is 0.304. The van der Waals surface area contributed by atoms with Crippen LogP contribution in [-0.4, -0.2) is 28.6 Å². The highest BCUT2D eigenvalue weighted by atomic mass is 32.2. The van der Waals surface area contributed by atoms with Gasteiger partial charge in [0.15, 0.2) is 0 Å². The summed E-state index contributed by atoms with van der Waals surface area (Å²) in [5.74, 6) is 0.206. The summed E-state index contributed by atoms with van der Waals surface area (Å²) in [7, 11) is 0. The lowest BCUT2D eigenvalue weighted by Crippen LogP contribution is -2.20. The molecule has 78 valence electrons. The Morgan fingerprint density at radius 2 is 2.23 bits per heavy atom. The highest BCUT2D eigenvalue weighted by Gasteiger charge is 2.15. The number of hydrogen-bond donors (Lipinski definition) is 2. The molecule has 13 heavy (non-hydrogen) atoms. The number of rotatable bonds is 8. The molecule has 0 aromatic carbocycles. The van der Waals surface area contributed by atoms with Crippen LogP contribution in [-0.2, 0) is 4.79 Å². The Balaban J connectivity index is 3.51. The lowest BCUT2D eigenvalue weighted by atomic mass is 10.3. The minimum atomic E-state index is -0.730. The predicted octanol–water partition coefficient (Wildman–Crippen LogP) is 1.71. The summed E-state index contributed by atoms with van der Waals surface area (Å²) in [4.78, 5) is 10.7. The summed E-state index contributed by atoms with van der Waals surface area (Å²) in [5.41, 5.74) is 5.32. The van der Waals surface area contributed by atoms with Crippen LogP contribution < -0.4 is 5.73 Å². The van der Waals surface area contributed by atoms with Gasteiger partial charge in [-0.05, 0) is 25.1 Å². The third-order valence-corrected chi connectivity index (χ3v) is 3.14. The molecule has 1 unspecified atom stereocenters. The van der Waals surface area contributed by atoms with Crippen molar-refractivity contribution in [3.63, 3.8) is 0 Å². The second-order valence-corrected chi connectivity index (χ2v) is 4.29. The molecule has 0 bridgehead atoms. The first-order valence-corrected chi connectivity index (χ1v) is 5.81. The molecule has 0 aliphatic heterocycles. The molecule has 0 saturated carbocycles. The van der Waals surface area contributed by atoms with Crippen LogP contribution in [0.2, 0.25) is 0 Å². The van der Waals surface area contributed by atoms with E-state index in [0.717, 1.165) is 12.2 Å². The molecular formula is C9H19NO2S.